The molecule has 0 radical (unpaired) electrons. The number of carbonyl (C=O) groups excluding carboxylic acids is 3. The minimum atomic E-state index is -3.15. The van der Waals surface area contributed by atoms with E-state index in [0.717, 1.165) is 0 Å². The molecule has 12 heteroatoms. The Morgan fingerprint density at radius 2 is 1.92 bits per heavy atom. The number of benzene rings is 2. The average Bonchev–Trinajstić information content (AvgIpc) is 3.25. The van der Waals surface area contributed by atoms with Gasteiger partial charge in [-0.15, -0.1) is 0 Å². The van der Waals surface area contributed by atoms with Gasteiger partial charge in [0.25, 0.3) is 11.5 Å². The number of aromatic nitrogens is 1. The number of carboxylic acid groups (broad SMARTS) is 1. The Bertz CT molecular complexity index is 1550. The van der Waals surface area contributed by atoms with Crippen molar-refractivity contribution in [1.82, 2.24) is 4.57 Å². The van der Waals surface area contributed by atoms with Gasteiger partial charge < -0.3 is 29.0 Å². The predicted octanol–water partition coefficient (Wildman–Crippen LogP) is 1.78. The number of aliphatic hydroxyl groups excluding tert-OH is 1. The first-order valence-electron chi connectivity index (χ1n) is 12.2. The summed E-state index contributed by atoms with van der Waals surface area (Å²) in [5.74, 6) is -7.13. The lowest BCUT2D eigenvalue weighted by Gasteiger charge is -2.22. The average molecular weight is 541 g/mol. The number of aliphatic hydroxyl groups is 1. The van der Waals surface area contributed by atoms with Crippen LogP contribution in [-0.4, -0.2) is 53.1 Å². The van der Waals surface area contributed by atoms with Crippen molar-refractivity contribution in [1.29, 1.82) is 0 Å². The molecule has 2 aromatic carbocycles. The van der Waals surface area contributed by atoms with Gasteiger partial charge in [-0.2, -0.15) is 0 Å². The molecule has 1 fully saturated rings. The monoisotopic (exact) mass is 541 g/mol. The first kappa shape index (κ1) is 26.3. The van der Waals surface area contributed by atoms with Gasteiger partial charge in [0.15, 0.2) is 6.10 Å². The van der Waals surface area contributed by atoms with Crippen molar-refractivity contribution in [2.45, 2.75) is 38.0 Å². The third kappa shape index (κ3) is 4.71. The molecule has 39 heavy (non-hydrogen) atoms. The van der Waals surface area contributed by atoms with E-state index in [2.05, 4.69) is 0 Å². The van der Waals surface area contributed by atoms with Crippen molar-refractivity contribution in [3.8, 4) is 11.3 Å². The van der Waals surface area contributed by atoms with Crippen LogP contribution in [0.25, 0.3) is 22.0 Å². The van der Waals surface area contributed by atoms with Crippen molar-refractivity contribution in [2.75, 3.05) is 18.1 Å². The van der Waals surface area contributed by atoms with Crippen molar-refractivity contribution in [2.24, 2.45) is 5.92 Å². The molecule has 0 aliphatic carbocycles. The third-order valence-corrected chi connectivity index (χ3v) is 6.98. The Labute approximate surface area is 220 Å². The molecular weight excluding hydrogens is 518 g/mol. The van der Waals surface area contributed by atoms with Crippen molar-refractivity contribution in [3.05, 3.63) is 64.4 Å². The zero-order valence-electron chi connectivity index (χ0n) is 20.6. The summed E-state index contributed by atoms with van der Waals surface area (Å²) in [5.41, 5.74) is 0.362. The molecule has 10 nitrogen and oxygen atoms in total. The summed E-state index contributed by atoms with van der Waals surface area (Å²) in [6.07, 6.45) is -4.48. The molecule has 2 aliphatic heterocycles. The van der Waals surface area contributed by atoms with E-state index in [1.165, 1.54) is 28.5 Å². The van der Waals surface area contributed by atoms with Gasteiger partial charge in [0.2, 0.25) is 0 Å². The molecular formula is C27H23F2N2O8-. The molecule has 1 N–H and O–H groups in total. The highest BCUT2D eigenvalue weighted by Crippen LogP contribution is 2.44. The SMILES string of the molecule is CC1Cn2c(cc3ccc(N4C[C@@H](COC(=O)C[C@H](O)C(=O)[O-])OC4=O)cc3c2=O)-c2ccccc2C1(F)F. The Morgan fingerprint density at radius 3 is 2.67 bits per heavy atom. The van der Waals surface area contributed by atoms with Crippen LogP contribution in [0.4, 0.5) is 19.3 Å². The number of pyridine rings is 1. The standard InChI is InChI=1S/C27H24F2N2O8/c1-14-11-31-21(18-4-2-3-5-20(18)27(14,28)29)8-15-6-7-16(9-19(15)24(31)34)30-12-17(39-26(30)37)13-38-23(33)10-22(32)25(35)36/h2-9,14,17,22,32H,10-13H2,1H3,(H,35,36)/p-1/t14?,17-,22-/m0/s1. The highest BCUT2D eigenvalue weighted by atomic mass is 19.3. The van der Waals surface area contributed by atoms with Gasteiger partial charge in [0, 0.05) is 34.7 Å². The van der Waals surface area contributed by atoms with E-state index in [-0.39, 0.29) is 36.2 Å². The van der Waals surface area contributed by atoms with Gasteiger partial charge in [0.1, 0.15) is 12.7 Å². The van der Waals surface area contributed by atoms with Gasteiger partial charge in [-0.25, -0.2) is 13.6 Å². The van der Waals surface area contributed by atoms with Gasteiger partial charge in [-0.3, -0.25) is 14.5 Å². The maximum Gasteiger partial charge on any atom is 0.414 e. The molecule has 5 rings (SSSR count). The van der Waals surface area contributed by atoms with Crippen molar-refractivity contribution in [3.63, 3.8) is 0 Å². The number of halogens is 2. The van der Waals surface area contributed by atoms with Crippen LogP contribution >= 0.6 is 0 Å². The summed E-state index contributed by atoms with van der Waals surface area (Å²) in [6.45, 7) is 0.771. The number of hydrogen-bond donors (Lipinski definition) is 1. The number of carboxylic acids is 1. The molecule has 3 heterocycles. The minimum absolute atomic E-state index is 0.0381. The van der Waals surface area contributed by atoms with Crippen LogP contribution in [0, 0.1) is 5.92 Å². The predicted molar refractivity (Wildman–Crippen MR) is 131 cm³/mol. The highest BCUT2D eigenvalue weighted by Gasteiger charge is 2.43. The summed E-state index contributed by atoms with van der Waals surface area (Å²) in [5, 5.41) is 20.5. The topological polar surface area (TPSA) is 138 Å². The van der Waals surface area contributed by atoms with Gasteiger partial charge in [-0.05, 0) is 23.6 Å². The molecule has 1 unspecified atom stereocenters. The van der Waals surface area contributed by atoms with Crippen LogP contribution in [-0.2, 0) is 31.5 Å². The molecule has 3 atom stereocenters. The van der Waals surface area contributed by atoms with Crippen molar-refractivity contribution < 1.29 is 42.9 Å². The number of aliphatic carboxylic acids is 1. The molecule has 0 spiro atoms. The molecule has 0 saturated carbocycles. The van der Waals surface area contributed by atoms with E-state index in [4.69, 9.17) is 9.47 Å². The lowest BCUT2D eigenvalue weighted by Crippen LogP contribution is -2.37. The molecule has 0 bridgehead atoms. The number of rotatable bonds is 6. The fraction of sp³-hybridized carbons (Fsp3) is 0.333. The van der Waals surface area contributed by atoms with Crippen LogP contribution in [0.2, 0.25) is 0 Å². The number of cyclic esters (lactones) is 1. The zero-order valence-corrected chi connectivity index (χ0v) is 20.6. The van der Waals surface area contributed by atoms with E-state index < -0.39 is 54.1 Å². The highest BCUT2D eigenvalue weighted by molar-refractivity contribution is 5.95. The fourth-order valence-corrected chi connectivity index (χ4v) is 4.86. The Hall–Kier alpha value is -4.32. The second-order valence-electron chi connectivity index (χ2n) is 9.62. The number of carbonyl (C=O) groups is 3. The van der Waals surface area contributed by atoms with Gasteiger partial charge in [0.05, 0.1) is 24.6 Å². The molecule has 1 amide bonds. The molecule has 2 aliphatic rings. The number of anilines is 1. The Morgan fingerprint density at radius 1 is 1.18 bits per heavy atom. The van der Waals surface area contributed by atoms with Crippen LogP contribution in [0.1, 0.15) is 18.9 Å². The quantitative estimate of drug-likeness (QED) is 0.466. The summed E-state index contributed by atoms with van der Waals surface area (Å²) in [7, 11) is 0. The minimum Gasteiger partial charge on any atom is -0.547 e. The third-order valence-electron chi connectivity index (χ3n) is 6.98. The van der Waals surface area contributed by atoms with Crippen LogP contribution in [0.5, 0.6) is 0 Å². The number of fused-ring (bicyclic) bond motifs is 4. The van der Waals surface area contributed by atoms with E-state index >= 15 is 8.78 Å². The van der Waals surface area contributed by atoms with Crippen LogP contribution < -0.4 is 15.6 Å². The van der Waals surface area contributed by atoms with Crippen molar-refractivity contribution >= 4 is 34.5 Å². The molecule has 1 saturated heterocycles. The van der Waals surface area contributed by atoms with Crippen LogP contribution in [0.3, 0.4) is 0 Å². The molecule has 3 aromatic rings. The van der Waals surface area contributed by atoms with Gasteiger partial charge >= 0.3 is 12.1 Å². The van der Waals surface area contributed by atoms with E-state index in [1.807, 2.05) is 0 Å². The van der Waals surface area contributed by atoms with E-state index in [9.17, 15) is 29.4 Å². The lowest BCUT2D eigenvalue weighted by atomic mass is 9.93. The van der Waals surface area contributed by atoms with E-state index in [1.54, 1.807) is 36.4 Å². The normalized spacial score (nSPS) is 20.5. The second-order valence-corrected chi connectivity index (χ2v) is 9.62. The summed E-state index contributed by atoms with van der Waals surface area (Å²) in [4.78, 5) is 49.6. The summed E-state index contributed by atoms with van der Waals surface area (Å²) >= 11 is 0. The summed E-state index contributed by atoms with van der Waals surface area (Å²) < 4.78 is 41.9. The smallest absolute Gasteiger partial charge is 0.414 e. The first-order valence-corrected chi connectivity index (χ1v) is 12.2. The number of amides is 1. The van der Waals surface area contributed by atoms with Crippen LogP contribution in [0.15, 0.2) is 53.3 Å². The first-order chi connectivity index (χ1) is 18.5. The summed E-state index contributed by atoms with van der Waals surface area (Å²) in [6, 6.07) is 12.5. The van der Waals surface area contributed by atoms with E-state index in [0.29, 0.717) is 16.8 Å². The molecule has 204 valence electrons. The number of alkyl halides is 2. The van der Waals surface area contributed by atoms with Gasteiger partial charge in [-0.1, -0.05) is 37.3 Å². The zero-order chi connectivity index (χ0) is 28.1. The number of ether oxygens (including phenoxy) is 2. The largest absolute Gasteiger partial charge is 0.547 e. The Balaban J connectivity index is 1.42. The lowest BCUT2D eigenvalue weighted by molar-refractivity contribution is -0.315. The maximum atomic E-state index is 15.2. The molecule has 1 aromatic heterocycles. The number of nitrogens with zero attached hydrogens (tertiary/aromatic N) is 2. The second kappa shape index (κ2) is 9.77. The maximum absolute atomic E-state index is 15.2. The number of esters is 1. The Kier molecular flexibility index (Phi) is 6.59. The fourth-order valence-electron chi connectivity index (χ4n) is 4.86. The number of hydrogen-bond acceptors (Lipinski definition) is 8.